The average molecular weight is 281 g/mol. The van der Waals surface area contributed by atoms with E-state index < -0.39 is 10.0 Å². The standard InChI is InChI=1S/C11H15N5O2S/c12-15-10-1-3-11(4-2-10)19(17,18)14-6-8-16-7-5-13-9-16/h1-5,7,9,14-15H,6,8,12H2. The molecule has 2 aromatic rings. The monoisotopic (exact) mass is 281 g/mol. The molecular weight excluding hydrogens is 266 g/mol. The van der Waals surface area contributed by atoms with E-state index in [4.69, 9.17) is 5.84 Å². The molecule has 1 heterocycles. The Morgan fingerprint density at radius 1 is 1.26 bits per heavy atom. The van der Waals surface area contributed by atoms with Crippen LogP contribution in [0.2, 0.25) is 0 Å². The third-order valence-electron chi connectivity index (χ3n) is 2.55. The van der Waals surface area contributed by atoms with Crippen LogP contribution in [0.3, 0.4) is 0 Å². The summed E-state index contributed by atoms with van der Waals surface area (Å²) < 4.78 is 28.3. The molecule has 0 bridgehead atoms. The molecule has 8 heteroatoms. The zero-order valence-electron chi connectivity index (χ0n) is 10.2. The van der Waals surface area contributed by atoms with E-state index in [1.54, 1.807) is 35.4 Å². The molecule has 0 amide bonds. The lowest BCUT2D eigenvalue weighted by atomic mass is 10.3. The Labute approximate surface area is 111 Å². The van der Waals surface area contributed by atoms with E-state index in [1.807, 2.05) is 0 Å². The minimum Gasteiger partial charge on any atom is -0.336 e. The number of nitrogens with one attached hydrogen (secondary N) is 2. The van der Waals surface area contributed by atoms with Gasteiger partial charge in [0.2, 0.25) is 10.0 Å². The van der Waals surface area contributed by atoms with Gasteiger partial charge in [-0.25, -0.2) is 18.1 Å². The summed E-state index contributed by atoms with van der Waals surface area (Å²) in [5, 5.41) is 0. The van der Waals surface area contributed by atoms with E-state index in [-0.39, 0.29) is 4.90 Å². The molecule has 0 radical (unpaired) electrons. The normalized spacial score (nSPS) is 11.4. The molecule has 0 saturated heterocycles. The molecule has 2 rings (SSSR count). The van der Waals surface area contributed by atoms with E-state index in [1.165, 1.54) is 12.1 Å². The van der Waals surface area contributed by atoms with Crippen LogP contribution in [0.4, 0.5) is 5.69 Å². The van der Waals surface area contributed by atoms with Gasteiger partial charge in [-0.15, -0.1) is 0 Å². The number of nitrogen functional groups attached to an aromatic ring is 1. The van der Waals surface area contributed by atoms with Crippen LogP contribution >= 0.6 is 0 Å². The molecule has 0 aliphatic rings. The molecule has 1 aromatic carbocycles. The number of benzene rings is 1. The van der Waals surface area contributed by atoms with Crippen LogP contribution in [0.25, 0.3) is 0 Å². The van der Waals surface area contributed by atoms with E-state index in [2.05, 4.69) is 15.1 Å². The molecule has 0 aliphatic heterocycles. The van der Waals surface area contributed by atoms with Crippen molar-refractivity contribution in [2.75, 3.05) is 12.0 Å². The molecule has 4 N–H and O–H groups in total. The van der Waals surface area contributed by atoms with Gasteiger partial charge in [-0.1, -0.05) is 0 Å². The van der Waals surface area contributed by atoms with E-state index >= 15 is 0 Å². The summed E-state index contributed by atoms with van der Waals surface area (Å²) in [6.07, 6.45) is 5.05. The smallest absolute Gasteiger partial charge is 0.240 e. The van der Waals surface area contributed by atoms with E-state index in [0.717, 1.165) is 0 Å². The maximum atomic E-state index is 12.0. The van der Waals surface area contributed by atoms with Gasteiger partial charge in [0, 0.05) is 31.2 Å². The van der Waals surface area contributed by atoms with Crippen LogP contribution in [0.5, 0.6) is 0 Å². The van der Waals surface area contributed by atoms with Crippen molar-refractivity contribution >= 4 is 15.7 Å². The molecule has 0 spiro atoms. The Balaban J connectivity index is 1.97. The number of nitrogens with zero attached hydrogens (tertiary/aromatic N) is 2. The predicted molar refractivity (Wildman–Crippen MR) is 71.7 cm³/mol. The van der Waals surface area contributed by atoms with Crippen molar-refractivity contribution in [1.29, 1.82) is 0 Å². The summed E-state index contributed by atoms with van der Waals surface area (Å²) >= 11 is 0. The molecule has 102 valence electrons. The largest absolute Gasteiger partial charge is 0.336 e. The SMILES string of the molecule is NNc1ccc(S(=O)(=O)NCCn2ccnc2)cc1. The number of nitrogens with two attached hydrogens (primary N) is 1. The molecule has 0 aliphatic carbocycles. The van der Waals surface area contributed by atoms with Gasteiger partial charge < -0.3 is 9.99 Å². The Morgan fingerprint density at radius 2 is 2.00 bits per heavy atom. The Bertz CT molecular complexity index is 607. The lowest BCUT2D eigenvalue weighted by Crippen LogP contribution is -2.27. The predicted octanol–water partition coefficient (Wildman–Crippen LogP) is 0.147. The van der Waals surface area contributed by atoms with Crippen molar-refractivity contribution in [2.24, 2.45) is 5.84 Å². The average Bonchev–Trinajstić information content (AvgIpc) is 2.92. The summed E-state index contributed by atoms with van der Waals surface area (Å²) in [7, 11) is -3.49. The highest BCUT2D eigenvalue weighted by Gasteiger charge is 2.12. The molecule has 19 heavy (non-hydrogen) atoms. The number of anilines is 1. The van der Waals surface area contributed by atoms with Crippen LogP contribution in [0.15, 0.2) is 47.9 Å². The minimum atomic E-state index is -3.49. The number of sulfonamides is 1. The van der Waals surface area contributed by atoms with Gasteiger partial charge in [0.15, 0.2) is 0 Å². The van der Waals surface area contributed by atoms with Crippen LogP contribution < -0.4 is 16.0 Å². The van der Waals surface area contributed by atoms with Gasteiger partial charge in [0.05, 0.1) is 11.2 Å². The van der Waals surface area contributed by atoms with Crippen molar-refractivity contribution < 1.29 is 8.42 Å². The lowest BCUT2D eigenvalue weighted by molar-refractivity contribution is 0.573. The summed E-state index contributed by atoms with van der Waals surface area (Å²) in [6.45, 7) is 0.831. The number of hydrazine groups is 1. The quantitative estimate of drug-likeness (QED) is 0.516. The number of hydrogen-bond acceptors (Lipinski definition) is 5. The first-order chi connectivity index (χ1) is 9.12. The van der Waals surface area contributed by atoms with Gasteiger partial charge >= 0.3 is 0 Å². The third kappa shape index (κ3) is 3.53. The zero-order chi connectivity index (χ0) is 13.7. The van der Waals surface area contributed by atoms with E-state index in [0.29, 0.717) is 18.8 Å². The maximum Gasteiger partial charge on any atom is 0.240 e. The minimum absolute atomic E-state index is 0.206. The summed E-state index contributed by atoms with van der Waals surface area (Å²) in [5.74, 6) is 5.22. The first-order valence-electron chi connectivity index (χ1n) is 5.64. The lowest BCUT2D eigenvalue weighted by Gasteiger charge is -2.08. The summed E-state index contributed by atoms with van der Waals surface area (Å²) in [4.78, 5) is 4.09. The number of aromatic nitrogens is 2. The van der Waals surface area contributed by atoms with Crippen molar-refractivity contribution in [3.63, 3.8) is 0 Å². The highest BCUT2D eigenvalue weighted by atomic mass is 32.2. The van der Waals surface area contributed by atoms with Gasteiger partial charge in [0.25, 0.3) is 0 Å². The summed E-state index contributed by atoms with van der Waals surface area (Å²) in [5.41, 5.74) is 3.09. The van der Waals surface area contributed by atoms with E-state index in [9.17, 15) is 8.42 Å². The fourth-order valence-corrected chi connectivity index (χ4v) is 2.56. The Morgan fingerprint density at radius 3 is 2.58 bits per heavy atom. The van der Waals surface area contributed by atoms with Crippen LogP contribution in [-0.2, 0) is 16.6 Å². The molecular formula is C11H15N5O2S. The van der Waals surface area contributed by atoms with Crippen molar-refractivity contribution in [3.8, 4) is 0 Å². The zero-order valence-corrected chi connectivity index (χ0v) is 11.0. The van der Waals surface area contributed by atoms with Gasteiger partial charge in [-0.3, -0.25) is 5.84 Å². The number of imidazole rings is 1. The molecule has 0 saturated carbocycles. The highest BCUT2D eigenvalue weighted by molar-refractivity contribution is 7.89. The second-order valence-corrected chi connectivity index (χ2v) is 5.63. The number of hydrogen-bond donors (Lipinski definition) is 3. The molecule has 0 fully saturated rings. The Hall–Kier alpha value is -1.90. The molecule has 0 unspecified atom stereocenters. The summed E-state index contributed by atoms with van der Waals surface area (Å²) in [6, 6.07) is 6.19. The first kappa shape index (κ1) is 13.5. The topological polar surface area (TPSA) is 102 Å². The second-order valence-electron chi connectivity index (χ2n) is 3.87. The highest BCUT2D eigenvalue weighted by Crippen LogP contribution is 2.12. The molecule has 1 aromatic heterocycles. The van der Waals surface area contributed by atoms with Gasteiger partial charge in [-0.2, -0.15) is 0 Å². The van der Waals surface area contributed by atoms with Gasteiger partial charge in [-0.05, 0) is 24.3 Å². The van der Waals surface area contributed by atoms with Crippen molar-refractivity contribution in [3.05, 3.63) is 43.0 Å². The third-order valence-corrected chi connectivity index (χ3v) is 4.03. The van der Waals surface area contributed by atoms with Crippen LogP contribution in [0.1, 0.15) is 0 Å². The Kier molecular flexibility index (Phi) is 4.15. The van der Waals surface area contributed by atoms with Crippen LogP contribution in [-0.4, -0.2) is 24.5 Å². The van der Waals surface area contributed by atoms with Gasteiger partial charge in [0.1, 0.15) is 0 Å². The maximum absolute atomic E-state index is 12.0. The van der Waals surface area contributed by atoms with Crippen LogP contribution in [0, 0.1) is 0 Å². The number of rotatable bonds is 6. The molecule has 0 atom stereocenters. The fourth-order valence-electron chi connectivity index (χ4n) is 1.54. The fraction of sp³-hybridized carbons (Fsp3) is 0.182. The second kappa shape index (κ2) is 5.83. The molecule has 7 nitrogen and oxygen atoms in total. The van der Waals surface area contributed by atoms with Crippen molar-refractivity contribution in [1.82, 2.24) is 14.3 Å². The van der Waals surface area contributed by atoms with Crippen molar-refractivity contribution in [2.45, 2.75) is 11.4 Å². The first-order valence-corrected chi connectivity index (χ1v) is 7.12.